The molecule has 0 N–H and O–H groups in total. The molecule has 0 aliphatic rings. The Hall–Kier alpha value is -3.90. The Labute approximate surface area is 195 Å². The third kappa shape index (κ3) is 4.52. The van der Waals surface area contributed by atoms with E-state index in [1.807, 2.05) is 61.5 Å². The molecule has 1 amide bonds. The molecule has 33 heavy (non-hydrogen) atoms. The molecule has 5 nitrogen and oxygen atoms in total. The van der Waals surface area contributed by atoms with Gasteiger partial charge in [0.1, 0.15) is 17.3 Å². The van der Waals surface area contributed by atoms with Crippen molar-refractivity contribution in [1.82, 2.24) is 4.98 Å². The van der Waals surface area contributed by atoms with E-state index in [2.05, 4.69) is 19.1 Å². The minimum absolute atomic E-state index is 0.168. The van der Waals surface area contributed by atoms with Crippen LogP contribution in [0.2, 0.25) is 0 Å². The predicted molar refractivity (Wildman–Crippen MR) is 131 cm³/mol. The molecular formula is C27H22N2O3S. The van der Waals surface area contributed by atoms with E-state index < -0.39 is 0 Å². The number of carbonyl (C=O) groups is 1. The lowest BCUT2D eigenvalue weighted by molar-refractivity contribution is 0.0983. The number of ether oxygens (including phenoxy) is 1. The number of fused-ring (bicyclic) bond motifs is 1. The number of furan rings is 1. The first kappa shape index (κ1) is 21.0. The number of benzene rings is 3. The van der Waals surface area contributed by atoms with E-state index in [1.54, 1.807) is 23.3 Å². The maximum absolute atomic E-state index is 13.7. The fourth-order valence-electron chi connectivity index (χ4n) is 3.73. The molecule has 0 saturated carbocycles. The Morgan fingerprint density at radius 1 is 0.970 bits per heavy atom. The molecule has 0 atom stereocenters. The van der Waals surface area contributed by atoms with Gasteiger partial charge in [-0.25, -0.2) is 4.98 Å². The van der Waals surface area contributed by atoms with Crippen LogP contribution in [0.25, 0.3) is 10.2 Å². The maximum Gasteiger partial charge on any atom is 0.260 e. The summed E-state index contributed by atoms with van der Waals surface area (Å²) in [5.41, 5.74) is 3.70. The molecule has 0 radical (unpaired) electrons. The van der Waals surface area contributed by atoms with Crippen LogP contribution in [0.4, 0.5) is 5.13 Å². The molecule has 5 rings (SSSR count). The van der Waals surface area contributed by atoms with Crippen molar-refractivity contribution in [3.63, 3.8) is 0 Å². The lowest BCUT2D eigenvalue weighted by atomic mass is 10.1. The number of hydrogen-bond acceptors (Lipinski definition) is 5. The third-order valence-corrected chi connectivity index (χ3v) is 6.27. The fourth-order valence-corrected chi connectivity index (χ4v) is 4.87. The third-order valence-electron chi connectivity index (χ3n) is 5.25. The molecule has 164 valence electrons. The lowest BCUT2D eigenvalue weighted by Crippen LogP contribution is -2.30. The lowest BCUT2D eigenvalue weighted by Gasteiger charge is -2.19. The fraction of sp³-hybridized carbons (Fsp3) is 0.111. The average Bonchev–Trinajstić information content (AvgIpc) is 3.48. The Bertz CT molecular complexity index is 1410. The monoisotopic (exact) mass is 454 g/mol. The number of nitrogens with zero attached hydrogens (tertiary/aromatic N) is 2. The van der Waals surface area contributed by atoms with E-state index >= 15 is 0 Å². The summed E-state index contributed by atoms with van der Waals surface area (Å²) >= 11 is 1.51. The van der Waals surface area contributed by atoms with Crippen molar-refractivity contribution in [1.29, 1.82) is 0 Å². The number of rotatable bonds is 6. The zero-order valence-corrected chi connectivity index (χ0v) is 19.1. The van der Waals surface area contributed by atoms with Crippen LogP contribution in [0.5, 0.6) is 11.5 Å². The summed E-state index contributed by atoms with van der Waals surface area (Å²) in [4.78, 5) is 20.2. The summed E-state index contributed by atoms with van der Waals surface area (Å²) in [6, 6.07) is 24.6. The van der Waals surface area contributed by atoms with E-state index in [0.717, 1.165) is 15.8 Å². The molecule has 0 bridgehead atoms. The van der Waals surface area contributed by atoms with Crippen molar-refractivity contribution in [3.05, 3.63) is 108 Å². The van der Waals surface area contributed by atoms with Gasteiger partial charge in [0.05, 0.1) is 23.0 Å². The highest BCUT2D eigenvalue weighted by molar-refractivity contribution is 7.22. The molecule has 6 heteroatoms. The van der Waals surface area contributed by atoms with Crippen molar-refractivity contribution in [2.24, 2.45) is 0 Å². The number of aryl methyl sites for hydroxylation is 2. The molecule has 0 spiro atoms. The molecule has 2 aromatic heterocycles. The Kier molecular flexibility index (Phi) is 5.67. The van der Waals surface area contributed by atoms with Crippen LogP contribution in [0, 0.1) is 13.8 Å². The smallest absolute Gasteiger partial charge is 0.260 e. The Morgan fingerprint density at radius 3 is 2.58 bits per heavy atom. The second kappa shape index (κ2) is 8.92. The van der Waals surface area contributed by atoms with Gasteiger partial charge in [-0.1, -0.05) is 41.7 Å². The van der Waals surface area contributed by atoms with E-state index in [1.165, 1.54) is 16.9 Å². The molecule has 0 aliphatic carbocycles. The van der Waals surface area contributed by atoms with Gasteiger partial charge in [0.2, 0.25) is 0 Å². The van der Waals surface area contributed by atoms with Crippen LogP contribution < -0.4 is 9.64 Å². The molecule has 0 unspecified atom stereocenters. The van der Waals surface area contributed by atoms with Gasteiger partial charge in [0.25, 0.3) is 5.91 Å². The largest absolute Gasteiger partial charge is 0.467 e. The van der Waals surface area contributed by atoms with Crippen LogP contribution in [-0.4, -0.2) is 10.9 Å². The van der Waals surface area contributed by atoms with Gasteiger partial charge in [-0.2, -0.15) is 0 Å². The molecule has 0 aliphatic heterocycles. The van der Waals surface area contributed by atoms with E-state index in [9.17, 15) is 4.79 Å². The highest BCUT2D eigenvalue weighted by Gasteiger charge is 2.23. The Morgan fingerprint density at radius 2 is 1.79 bits per heavy atom. The SMILES string of the molecule is Cc1cc(C)c2nc(N(Cc3ccco3)C(=O)c3cccc(Oc4ccccc4)c3)sc2c1. The van der Waals surface area contributed by atoms with Gasteiger partial charge in [-0.15, -0.1) is 0 Å². The van der Waals surface area contributed by atoms with Gasteiger partial charge in [-0.05, 0) is 73.5 Å². The van der Waals surface area contributed by atoms with Gasteiger partial charge < -0.3 is 9.15 Å². The van der Waals surface area contributed by atoms with Crippen molar-refractivity contribution >= 4 is 32.6 Å². The molecule has 2 heterocycles. The van der Waals surface area contributed by atoms with Crippen molar-refractivity contribution in [3.8, 4) is 11.5 Å². The normalized spacial score (nSPS) is 11.0. The quantitative estimate of drug-likeness (QED) is 0.273. The zero-order valence-electron chi connectivity index (χ0n) is 18.3. The standard InChI is InChI=1S/C27H22N2O3S/c1-18-14-19(2)25-24(15-18)33-27(28-25)29(17-23-12-7-13-31-23)26(30)20-8-6-11-22(16-20)32-21-9-4-3-5-10-21/h3-16H,17H2,1-2H3. The number of para-hydroxylation sites is 1. The summed E-state index contributed by atoms with van der Waals surface area (Å²) in [5, 5.41) is 0.634. The minimum atomic E-state index is -0.168. The zero-order chi connectivity index (χ0) is 22.8. The number of hydrogen-bond donors (Lipinski definition) is 0. The first-order valence-corrected chi connectivity index (χ1v) is 11.4. The number of thiazole rings is 1. The number of anilines is 1. The minimum Gasteiger partial charge on any atom is -0.467 e. The van der Waals surface area contributed by atoms with Gasteiger partial charge in [0, 0.05) is 5.56 Å². The number of carbonyl (C=O) groups excluding carboxylic acids is 1. The summed E-state index contributed by atoms with van der Waals surface area (Å²) < 4.78 is 12.5. The van der Waals surface area contributed by atoms with Gasteiger partial charge in [0.15, 0.2) is 5.13 Å². The molecule has 3 aromatic carbocycles. The predicted octanol–water partition coefficient (Wildman–Crippen LogP) is 7.15. The van der Waals surface area contributed by atoms with Gasteiger partial charge >= 0.3 is 0 Å². The average molecular weight is 455 g/mol. The van der Waals surface area contributed by atoms with Crippen LogP contribution >= 0.6 is 11.3 Å². The topological polar surface area (TPSA) is 55.6 Å². The highest BCUT2D eigenvalue weighted by Crippen LogP contribution is 2.33. The number of amides is 1. The number of aromatic nitrogens is 1. The second-order valence-electron chi connectivity index (χ2n) is 7.84. The highest BCUT2D eigenvalue weighted by atomic mass is 32.1. The Balaban J connectivity index is 1.51. The van der Waals surface area contributed by atoms with E-state index in [4.69, 9.17) is 14.1 Å². The first-order valence-electron chi connectivity index (χ1n) is 10.6. The van der Waals surface area contributed by atoms with Gasteiger partial charge in [-0.3, -0.25) is 9.69 Å². The second-order valence-corrected chi connectivity index (χ2v) is 8.85. The summed E-state index contributed by atoms with van der Waals surface area (Å²) in [7, 11) is 0. The molecule has 0 fully saturated rings. The molecule has 5 aromatic rings. The van der Waals surface area contributed by atoms with Crippen LogP contribution in [0.1, 0.15) is 27.2 Å². The molecular weight excluding hydrogens is 432 g/mol. The van der Waals surface area contributed by atoms with Crippen molar-refractivity contribution in [2.75, 3.05) is 4.90 Å². The van der Waals surface area contributed by atoms with E-state index in [0.29, 0.717) is 28.0 Å². The molecule has 0 saturated heterocycles. The van der Waals surface area contributed by atoms with Crippen LogP contribution in [0.3, 0.4) is 0 Å². The first-order chi connectivity index (χ1) is 16.1. The van der Waals surface area contributed by atoms with Crippen LogP contribution in [-0.2, 0) is 6.54 Å². The summed E-state index contributed by atoms with van der Waals surface area (Å²) in [6.07, 6.45) is 1.61. The van der Waals surface area contributed by atoms with Crippen LogP contribution in [0.15, 0.2) is 89.5 Å². The summed E-state index contributed by atoms with van der Waals surface area (Å²) in [6.45, 7) is 4.39. The van der Waals surface area contributed by atoms with Crippen molar-refractivity contribution < 1.29 is 13.9 Å². The maximum atomic E-state index is 13.7. The van der Waals surface area contributed by atoms with E-state index in [-0.39, 0.29) is 12.5 Å². The van der Waals surface area contributed by atoms with Crippen molar-refractivity contribution in [2.45, 2.75) is 20.4 Å². The summed E-state index contributed by atoms with van der Waals surface area (Å²) in [5.74, 6) is 1.83.